The average molecular weight is 504 g/mol. The van der Waals surface area contributed by atoms with E-state index < -0.39 is 22.1 Å². The highest BCUT2D eigenvalue weighted by Crippen LogP contribution is 2.45. The van der Waals surface area contributed by atoms with E-state index in [-0.39, 0.29) is 23.8 Å². The first-order valence-electron chi connectivity index (χ1n) is 10.5. The summed E-state index contributed by atoms with van der Waals surface area (Å²) in [6, 6.07) is 20.7. The van der Waals surface area contributed by atoms with Crippen molar-refractivity contribution >= 4 is 39.2 Å². The second-order valence-corrected chi connectivity index (χ2v) is 10.5. The number of benzene rings is 3. The average Bonchev–Trinajstić information content (AvgIpc) is 3.08. The molecule has 0 spiro atoms. The first-order chi connectivity index (χ1) is 15.8. The normalized spacial score (nSPS) is 18.6. The van der Waals surface area contributed by atoms with Crippen molar-refractivity contribution in [3.63, 3.8) is 0 Å². The third-order valence-corrected chi connectivity index (χ3v) is 7.73. The van der Waals surface area contributed by atoms with Gasteiger partial charge in [0.25, 0.3) is 10.1 Å². The van der Waals surface area contributed by atoms with Gasteiger partial charge >= 0.3 is 0 Å². The van der Waals surface area contributed by atoms with Crippen LogP contribution in [0.25, 0.3) is 0 Å². The number of rotatable bonds is 7. The van der Waals surface area contributed by atoms with Gasteiger partial charge in [-0.1, -0.05) is 77.3 Å². The lowest BCUT2D eigenvalue weighted by atomic mass is 9.94. The number of amides is 1. The number of carbonyl (C=O) groups is 1. The maximum absolute atomic E-state index is 13.1. The minimum Gasteiger partial charge on any atom is -0.331 e. The van der Waals surface area contributed by atoms with Crippen LogP contribution in [-0.4, -0.2) is 25.8 Å². The Morgan fingerprint density at radius 3 is 2.21 bits per heavy atom. The molecule has 1 aliphatic rings. The summed E-state index contributed by atoms with van der Waals surface area (Å²) in [5, 5.41) is 0.846. The van der Waals surface area contributed by atoms with Crippen molar-refractivity contribution in [2.45, 2.75) is 30.8 Å². The summed E-state index contributed by atoms with van der Waals surface area (Å²) >= 11 is 13.0. The molecule has 0 aromatic heterocycles. The zero-order valence-corrected chi connectivity index (χ0v) is 20.3. The Morgan fingerprint density at radius 1 is 0.939 bits per heavy atom. The molecule has 2 unspecified atom stereocenters. The minimum atomic E-state index is -3.98. The number of carbonyl (C=O) groups excluding carboxylic acids is 1. The molecule has 2 atom stereocenters. The van der Waals surface area contributed by atoms with E-state index in [0.717, 1.165) is 11.1 Å². The molecule has 1 heterocycles. The molecule has 1 amide bonds. The summed E-state index contributed by atoms with van der Waals surface area (Å²) in [6.07, 6.45) is 0.127. The molecule has 4 rings (SSSR count). The van der Waals surface area contributed by atoms with Crippen LogP contribution in [0.3, 0.4) is 0 Å². The van der Waals surface area contributed by atoms with Crippen molar-refractivity contribution in [1.82, 2.24) is 4.90 Å². The summed E-state index contributed by atoms with van der Waals surface area (Å²) in [5.74, 6) is -0.556. The van der Waals surface area contributed by atoms with Gasteiger partial charge in [0.2, 0.25) is 5.91 Å². The van der Waals surface area contributed by atoms with E-state index in [1.54, 1.807) is 35.2 Å². The van der Waals surface area contributed by atoms with E-state index in [0.29, 0.717) is 22.2 Å². The van der Waals surface area contributed by atoms with Crippen molar-refractivity contribution in [3.8, 4) is 0 Å². The van der Waals surface area contributed by atoms with Gasteiger partial charge in [-0.2, -0.15) is 8.42 Å². The number of hydrogen-bond donors (Lipinski definition) is 0. The summed E-state index contributed by atoms with van der Waals surface area (Å²) in [7, 11) is -3.98. The minimum absolute atomic E-state index is 0.0749. The zero-order valence-electron chi connectivity index (χ0n) is 17.9. The first kappa shape index (κ1) is 23.8. The van der Waals surface area contributed by atoms with Gasteiger partial charge in [-0.15, -0.1) is 0 Å². The first-order valence-corrected chi connectivity index (χ1v) is 12.7. The standard InChI is InChI=1S/C25H23Cl2NO4S/c1-17-10-12-20(13-11-17)33(30,31)32-16-19-14-23(29)28(15-18-6-3-2-4-7-18)25(19)24-21(26)8-5-9-22(24)27/h2-13,19,25H,14-16H2,1H3. The molecule has 0 radical (unpaired) electrons. The highest BCUT2D eigenvalue weighted by atomic mass is 35.5. The van der Waals surface area contributed by atoms with E-state index in [1.165, 1.54) is 12.1 Å². The maximum atomic E-state index is 13.1. The molecule has 0 aliphatic carbocycles. The second-order valence-electron chi connectivity index (χ2n) is 8.10. The highest BCUT2D eigenvalue weighted by Gasteiger charge is 2.43. The number of hydrogen-bond acceptors (Lipinski definition) is 4. The molecule has 0 N–H and O–H groups in total. The molecule has 33 heavy (non-hydrogen) atoms. The Bertz CT molecular complexity index is 1230. The zero-order chi connectivity index (χ0) is 23.6. The van der Waals surface area contributed by atoms with Gasteiger partial charge in [0.15, 0.2) is 0 Å². The van der Waals surface area contributed by atoms with E-state index in [1.807, 2.05) is 37.3 Å². The van der Waals surface area contributed by atoms with Crippen LogP contribution in [0.1, 0.15) is 29.2 Å². The number of nitrogens with zero attached hydrogens (tertiary/aromatic N) is 1. The molecule has 0 bridgehead atoms. The van der Waals surface area contributed by atoms with Crippen LogP contribution in [0, 0.1) is 12.8 Å². The van der Waals surface area contributed by atoms with Gasteiger partial charge < -0.3 is 4.90 Å². The van der Waals surface area contributed by atoms with Gasteiger partial charge in [0, 0.05) is 34.5 Å². The lowest BCUT2D eigenvalue weighted by molar-refractivity contribution is -0.129. The Hall–Kier alpha value is -2.38. The SMILES string of the molecule is Cc1ccc(S(=O)(=O)OCC2CC(=O)N(Cc3ccccc3)C2c2c(Cl)cccc2Cl)cc1. The second kappa shape index (κ2) is 9.85. The van der Waals surface area contributed by atoms with Crippen molar-refractivity contribution in [3.05, 3.63) is 99.5 Å². The Labute approximate surface area is 204 Å². The van der Waals surface area contributed by atoms with Gasteiger partial charge in [0.05, 0.1) is 17.5 Å². The van der Waals surface area contributed by atoms with E-state index in [2.05, 4.69) is 0 Å². The quantitative estimate of drug-likeness (QED) is 0.382. The molecule has 8 heteroatoms. The van der Waals surface area contributed by atoms with E-state index in [9.17, 15) is 13.2 Å². The molecule has 1 fully saturated rings. The lowest BCUT2D eigenvalue weighted by Gasteiger charge is -2.30. The van der Waals surface area contributed by atoms with Gasteiger partial charge in [0.1, 0.15) is 0 Å². The lowest BCUT2D eigenvalue weighted by Crippen LogP contribution is -2.30. The third kappa shape index (κ3) is 5.25. The molecule has 3 aromatic carbocycles. The smallest absolute Gasteiger partial charge is 0.296 e. The molecule has 3 aromatic rings. The van der Waals surface area contributed by atoms with Crippen molar-refractivity contribution in [2.75, 3.05) is 6.61 Å². The summed E-state index contributed by atoms with van der Waals surface area (Å²) in [4.78, 5) is 14.8. The maximum Gasteiger partial charge on any atom is 0.296 e. The van der Waals surface area contributed by atoms with E-state index in [4.69, 9.17) is 27.4 Å². The number of aryl methyl sites for hydroxylation is 1. The van der Waals surface area contributed by atoms with Crippen LogP contribution < -0.4 is 0 Å². The Morgan fingerprint density at radius 2 is 1.58 bits per heavy atom. The third-order valence-electron chi connectivity index (χ3n) is 5.78. The van der Waals surface area contributed by atoms with Crippen LogP contribution in [0.4, 0.5) is 0 Å². The van der Waals surface area contributed by atoms with Crippen molar-refractivity contribution < 1.29 is 17.4 Å². The summed E-state index contributed by atoms with van der Waals surface area (Å²) in [6.45, 7) is 2.06. The summed E-state index contributed by atoms with van der Waals surface area (Å²) in [5.41, 5.74) is 2.50. The molecular formula is C25H23Cl2NO4S. The Kier molecular flexibility index (Phi) is 7.10. The molecular weight excluding hydrogens is 481 g/mol. The highest BCUT2D eigenvalue weighted by molar-refractivity contribution is 7.86. The monoisotopic (exact) mass is 503 g/mol. The van der Waals surface area contributed by atoms with Gasteiger partial charge in [-0.3, -0.25) is 8.98 Å². The predicted molar refractivity (Wildman–Crippen MR) is 129 cm³/mol. The van der Waals surface area contributed by atoms with Crippen LogP contribution in [0.15, 0.2) is 77.7 Å². The number of likely N-dealkylation sites (tertiary alicyclic amines) is 1. The fourth-order valence-electron chi connectivity index (χ4n) is 4.11. The topological polar surface area (TPSA) is 63.7 Å². The van der Waals surface area contributed by atoms with Crippen LogP contribution in [0.2, 0.25) is 10.0 Å². The van der Waals surface area contributed by atoms with Crippen LogP contribution in [0.5, 0.6) is 0 Å². The Balaban J connectivity index is 1.64. The van der Waals surface area contributed by atoms with Gasteiger partial charge in [-0.05, 0) is 36.8 Å². The molecule has 1 saturated heterocycles. The van der Waals surface area contributed by atoms with Crippen molar-refractivity contribution in [2.24, 2.45) is 5.92 Å². The fourth-order valence-corrected chi connectivity index (χ4v) is 5.69. The molecule has 1 aliphatic heterocycles. The fraction of sp³-hybridized carbons (Fsp3) is 0.240. The van der Waals surface area contributed by atoms with E-state index >= 15 is 0 Å². The molecule has 5 nitrogen and oxygen atoms in total. The van der Waals surface area contributed by atoms with Crippen molar-refractivity contribution in [1.29, 1.82) is 0 Å². The summed E-state index contributed by atoms with van der Waals surface area (Å²) < 4.78 is 30.9. The van der Waals surface area contributed by atoms with Gasteiger partial charge in [-0.25, -0.2) is 0 Å². The largest absolute Gasteiger partial charge is 0.331 e. The van der Waals surface area contributed by atoms with Crippen LogP contribution in [-0.2, 0) is 25.6 Å². The number of halogens is 2. The molecule has 172 valence electrons. The predicted octanol–water partition coefficient (Wildman–Crippen LogP) is 5.80. The van der Waals surface area contributed by atoms with Crippen LogP contribution >= 0.6 is 23.2 Å². The molecule has 0 saturated carbocycles.